The molecule has 1 unspecified atom stereocenters. The maximum atomic E-state index is 12.0. The first-order valence-electron chi connectivity index (χ1n) is 6.76. The summed E-state index contributed by atoms with van der Waals surface area (Å²) >= 11 is 1.56. The van der Waals surface area contributed by atoms with Crippen LogP contribution in [0.2, 0.25) is 0 Å². The Hall–Kier alpha value is -1.20. The van der Waals surface area contributed by atoms with Crippen molar-refractivity contribution in [1.29, 1.82) is 0 Å². The minimum Gasteiger partial charge on any atom is -0.387 e. The first-order valence-corrected chi connectivity index (χ1v) is 8.16. The minimum atomic E-state index is -0.862. The number of aliphatic hydroxyl groups is 1. The fourth-order valence-corrected chi connectivity index (χ4v) is 2.63. The normalized spacial score (nSPS) is 13.6. The molecule has 0 fully saturated rings. The highest BCUT2D eigenvalue weighted by Crippen LogP contribution is 2.12. The molecule has 0 radical (unpaired) electrons. The predicted octanol–water partition coefficient (Wildman–Crippen LogP) is 1.74. The number of nitrogens with zero attached hydrogens (tertiary/aromatic N) is 1. The number of likely N-dealkylation sites (N-methyl/N-ethyl adjacent to an activating group) is 1. The van der Waals surface area contributed by atoms with Gasteiger partial charge in [0.2, 0.25) is 5.91 Å². The van der Waals surface area contributed by atoms with Crippen LogP contribution in [0.3, 0.4) is 0 Å². The number of carbonyl (C=O) groups is 1. The third-order valence-electron chi connectivity index (χ3n) is 2.96. The van der Waals surface area contributed by atoms with Gasteiger partial charge in [0.05, 0.1) is 12.1 Å². The lowest BCUT2D eigenvalue weighted by atomic mass is 10.1. The molecule has 0 aromatic heterocycles. The van der Waals surface area contributed by atoms with Gasteiger partial charge in [-0.25, -0.2) is 0 Å². The summed E-state index contributed by atoms with van der Waals surface area (Å²) in [5.41, 5.74) is 0.166. The summed E-state index contributed by atoms with van der Waals surface area (Å²) in [5.74, 6) is 0.529. The number of amides is 1. The first-order chi connectivity index (χ1) is 9.48. The maximum Gasteiger partial charge on any atom is 0.239 e. The van der Waals surface area contributed by atoms with Crippen LogP contribution < -0.4 is 10.2 Å². The van der Waals surface area contributed by atoms with Gasteiger partial charge in [0, 0.05) is 24.5 Å². The van der Waals surface area contributed by atoms with Gasteiger partial charge < -0.3 is 15.3 Å². The van der Waals surface area contributed by atoms with E-state index in [2.05, 4.69) is 5.32 Å². The van der Waals surface area contributed by atoms with Gasteiger partial charge in [-0.2, -0.15) is 11.8 Å². The summed E-state index contributed by atoms with van der Waals surface area (Å²) in [6.45, 7) is 5.09. The fourth-order valence-electron chi connectivity index (χ4n) is 1.90. The van der Waals surface area contributed by atoms with Gasteiger partial charge in [0.15, 0.2) is 0 Å². The number of anilines is 1. The topological polar surface area (TPSA) is 52.6 Å². The molecule has 0 aliphatic rings. The van der Waals surface area contributed by atoms with Crippen LogP contribution >= 0.6 is 11.8 Å². The summed E-state index contributed by atoms with van der Waals surface area (Å²) in [7, 11) is 0. The second-order valence-corrected chi connectivity index (χ2v) is 5.92. The number of thioether (sulfide) groups is 1. The average Bonchev–Trinajstić information content (AvgIpc) is 2.43. The molecule has 2 N–H and O–H groups in total. The summed E-state index contributed by atoms with van der Waals surface area (Å²) in [6.07, 6.45) is 1.94. The number of para-hydroxylation sites is 1. The third kappa shape index (κ3) is 5.84. The molecule has 1 aromatic carbocycles. The highest BCUT2D eigenvalue weighted by Gasteiger charge is 2.20. The van der Waals surface area contributed by atoms with E-state index in [0.717, 1.165) is 12.2 Å². The molecular formula is C15H24N2O2S. The lowest BCUT2D eigenvalue weighted by Gasteiger charge is -2.25. The van der Waals surface area contributed by atoms with Crippen molar-refractivity contribution in [3.63, 3.8) is 0 Å². The molecule has 0 aliphatic heterocycles. The molecule has 0 aliphatic carbocycles. The molecule has 1 rings (SSSR count). The molecule has 0 heterocycles. The van der Waals surface area contributed by atoms with Crippen LogP contribution in [0.5, 0.6) is 0 Å². The molecule has 0 bridgehead atoms. The zero-order valence-corrected chi connectivity index (χ0v) is 13.2. The number of hydrogen-bond donors (Lipinski definition) is 2. The lowest BCUT2D eigenvalue weighted by Crippen LogP contribution is -2.45. The van der Waals surface area contributed by atoms with Crippen LogP contribution in [0.1, 0.15) is 13.8 Å². The fraction of sp³-hybridized carbons (Fsp3) is 0.533. The van der Waals surface area contributed by atoms with Gasteiger partial charge >= 0.3 is 0 Å². The molecule has 1 amide bonds. The van der Waals surface area contributed by atoms with Crippen molar-refractivity contribution in [3.05, 3.63) is 30.3 Å². The molecule has 0 saturated heterocycles. The van der Waals surface area contributed by atoms with Crippen molar-refractivity contribution in [3.8, 4) is 0 Å². The molecule has 1 atom stereocenters. The van der Waals surface area contributed by atoms with Crippen molar-refractivity contribution >= 4 is 23.4 Å². The highest BCUT2D eigenvalue weighted by atomic mass is 32.2. The molecule has 5 heteroatoms. The third-order valence-corrected chi connectivity index (χ3v) is 3.87. The molecule has 0 saturated carbocycles. The molecule has 1 aromatic rings. The quantitative estimate of drug-likeness (QED) is 0.767. The number of benzene rings is 1. The first kappa shape index (κ1) is 16.9. The number of rotatable bonds is 8. The van der Waals surface area contributed by atoms with Crippen molar-refractivity contribution in [2.45, 2.75) is 19.4 Å². The van der Waals surface area contributed by atoms with E-state index in [1.165, 1.54) is 0 Å². The van der Waals surface area contributed by atoms with E-state index in [4.69, 9.17) is 0 Å². The summed E-state index contributed by atoms with van der Waals surface area (Å²) in [4.78, 5) is 14.0. The molecular weight excluding hydrogens is 272 g/mol. The SMILES string of the molecule is CCN(CC(=O)NCC(C)(O)CSC)c1ccccc1. The van der Waals surface area contributed by atoms with Crippen molar-refractivity contribution in [2.75, 3.05) is 36.5 Å². The van der Waals surface area contributed by atoms with E-state index in [1.54, 1.807) is 18.7 Å². The minimum absolute atomic E-state index is 0.0721. The second-order valence-electron chi connectivity index (χ2n) is 5.06. The van der Waals surface area contributed by atoms with Crippen LogP contribution in [-0.2, 0) is 4.79 Å². The Kier molecular flexibility index (Phi) is 6.88. The largest absolute Gasteiger partial charge is 0.387 e. The van der Waals surface area contributed by atoms with Gasteiger partial charge in [0.25, 0.3) is 0 Å². The van der Waals surface area contributed by atoms with Gasteiger partial charge in [0.1, 0.15) is 0 Å². The summed E-state index contributed by atoms with van der Waals surface area (Å²) in [6, 6.07) is 9.84. The van der Waals surface area contributed by atoms with E-state index >= 15 is 0 Å². The lowest BCUT2D eigenvalue weighted by molar-refractivity contribution is -0.120. The van der Waals surface area contributed by atoms with E-state index < -0.39 is 5.60 Å². The zero-order chi connectivity index (χ0) is 15.0. The van der Waals surface area contributed by atoms with E-state index in [-0.39, 0.29) is 12.5 Å². The van der Waals surface area contributed by atoms with Crippen LogP contribution in [0.15, 0.2) is 30.3 Å². The summed E-state index contributed by atoms with van der Waals surface area (Å²) in [5, 5.41) is 12.8. The van der Waals surface area contributed by atoms with Gasteiger partial charge in [-0.3, -0.25) is 4.79 Å². The summed E-state index contributed by atoms with van der Waals surface area (Å²) < 4.78 is 0. The Morgan fingerprint density at radius 1 is 1.40 bits per heavy atom. The Morgan fingerprint density at radius 3 is 2.60 bits per heavy atom. The second kappa shape index (κ2) is 8.17. The molecule has 20 heavy (non-hydrogen) atoms. The number of carbonyl (C=O) groups excluding carboxylic acids is 1. The number of hydrogen-bond acceptors (Lipinski definition) is 4. The van der Waals surface area contributed by atoms with Crippen LogP contribution in [-0.4, -0.2) is 48.3 Å². The Morgan fingerprint density at radius 2 is 2.05 bits per heavy atom. The Balaban J connectivity index is 2.48. The standard InChI is InChI=1S/C15H24N2O2S/c1-4-17(13-8-6-5-7-9-13)10-14(18)16-11-15(2,19)12-20-3/h5-9,19H,4,10-12H2,1-3H3,(H,16,18). The highest BCUT2D eigenvalue weighted by molar-refractivity contribution is 7.98. The molecule has 112 valence electrons. The Bertz CT molecular complexity index is 410. The molecule has 0 spiro atoms. The van der Waals surface area contributed by atoms with Crippen molar-refractivity contribution < 1.29 is 9.90 Å². The smallest absolute Gasteiger partial charge is 0.239 e. The van der Waals surface area contributed by atoms with Gasteiger partial charge in [-0.1, -0.05) is 18.2 Å². The maximum absolute atomic E-state index is 12.0. The van der Waals surface area contributed by atoms with Crippen molar-refractivity contribution in [2.24, 2.45) is 0 Å². The van der Waals surface area contributed by atoms with E-state index in [1.807, 2.05) is 48.4 Å². The van der Waals surface area contributed by atoms with Gasteiger partial charge in [-0.05, 0) is 32.2 Å². The van der Waals surface area contributed by atoms with Crippen LogP contribution in [0, 0.1) is 0 Å². The molecule has 4 nitrogen and oxygen atoms in total. The van der Waals surface area contributed by atoms with Gasteiger partial charge in [-0.15, -0.1) is 0 Å². The van der Waals surface area contributed by atoms with E-state index in [0.29, 0.717) is 12.3 Å². The monoisotopic (exact) mass is 296 g/mol. The predicted molar refractivity (Wildman–Crippen MR) is 86.3 cm³/mol. The van der Waals surface area contributed by atoms with E-state index in [9.17, 15) is 9.90 Å². The average molecular weight is 296 g/mol. The zero-order valence-electron chi connectivity index (χ0n) is 12.4. The number of nitrogens with one attached hydrogen (secondary N) is 1. The van der Waals surface area contributed by atoms with Crippen molar-refractivity contribution in [1.82, 2.24) is 5.32 Å². The van der Waals surface area contributed by atoms with Crippen LogP contribution in [0.4, 0.5) is 5.69 Å². The Labute approximate surface area is 125 Å². The van der Waals surface area contributed by atoms with Crippen LogP contribution in [0.25, 0.3) is 0 Å².